The second-order valence-electron chi connectivity index (χ2n) is 5.73. The third-order valence-electron chi connectivity index (χ3n) is 3.46. The molecule has 1 saturated carbocycles. The van der Waals surface area contributed by atoms with Crippen molar-refractivity contribution in [2.75, 3.05) is 7.11 Å². The highest BCUT2D eigenvalue weighted by Gasteiger charge is 2.33. The molecule has 0 aromatic carbocycles. The van der Waals surface area contributed by atoms with E-state index in [4.69, 9.17) is 4.74 Å². The van der Waals surface area contributed by atoms with Crippen molar-refractivity contribution in [1.29, 1.82) is 0 Å². The number of hydrogen-bond acceptors (Lipinski definition) is 1. The molecule has 13 heavy (non-hydrogen) atoms. The van der Waals surface area contributed by atoms with E-state index >= 15 is 0 Å². The van der Waals surface area contributed by atoms with E-state index < -0.39 is 0 Å². The first-order valence-corrected chi connectivity index (χ1v) is 5.46. The van der Waals surface area contributed by atoms with Crippen LogP contribution >= 0.6 is 0 Å². The second-order valence-corrected chi connectivity index (χ2v) is 5.73. The average Bonchev–Trinajstić information content (AvgIpc) is 2.01. The molecule has 1 aliphatic carbocycles. The Kier molecular flexibility index (Phi) is 3.39. The summed E-state index contributed by atoms with van der Waals surface area (Å²) in [4.78, 5) is 0. The normalized spacial score (nSPS) is 36.2. The summed E-state index contributed by atoms with van der Waals surface area (Å²) in [5.74, 6) is 1.67. The number of methoxy groups -OCH3 is 1. The molecule has 1 rings (SSSR count). The van der Waals surface area contributed by atoms with E-state index in [0.29, 0.717) is 11.5 Å². The van der Waals surface area contributed by atoms with E-state index in [2.05, 4.69) is 27.7 Å². The molecule has 0 saturated heterocycles. The predicted octanol–water partition coefficient (Wildman–Crippen LogP) is 3.48. The molecular weight excluding hydrogens is 160 g/mol. The van der Waals surface area contributed by atoms with Crippen LogP contribution in [0, 0.1) is 17.3 Å². The highest BCUT2D eigenvalue weighted by Crippen LogP contribution is 2.40. The van der Waals surface area contributed by atoms with Crippen LogP contribution in [0.15, 0.2) is 0 Å². The van der Waals surface area contributed by atoms with Gasteiger partial charge in [-0.3, -0.25) is 0 Å². The fourth-order valence-electron chi connectivity index (χ4n) is 2.44. The quantitative estimate of drug-likeness (QED) is 0.606. The highest BCUT2D eigenvalue weighted by molar-refractivity contribution is 4.84. The Bertz CT molecular complexity index is 157. The maximum Gasteiger partial charge on any atom is 0.0576 e. The Balaban J connectivity index is 2.57. The third kappa shape index (κ3) is 2.98. The van der Waals surface area contributed by atoms with Crippen LogP contribution < -0.4 is 0 Å². The van der Waals surface area contributed by atoms with E-state index in [0.717, 1.165) is 11.8 Å². The van der Waals surface area contributed by atoms with E-state index in [-0.39, 0.29) is 0 Å². The molecule has 0 aromatic heterocycles. The summed E-state index contributed by atoms with van der Waals surface area (Å²) in [6, 6.07) is 0. The SMILES string of the molecule is COC1CC(C)CC(C(C)(C)C)C1. The van der Waals surface area contributed by atoms with Crippen molar-refractivity contribution in [2.45, 2.75) is 53.1 Å². The van der Waals surface area contributed by atoms with Gasteiger partial charge in [-0.05, 0) is 36.5 Å². The van der Waals surface area contributed by atoms with Gasteiger partial charge in [-0.1, -0.05) is 27.7 Å². The van der Waals surface area contributed by atoms with Crippen molar-refractivity contribution in [3.05, 3.63) is 0 Å². The summed E-state index contributed by atoms with van der Waals surface area (Å²) < 4.78 is 5.49. The Hall–Kier alpha value is -0.0400. The number of hydrogen-bond donors (Lipinski definition) is 0. The van der Waals surface area contributed by atoms with Crippen molar-refractivity contribution in [3.63, 3.8) is 0 Å². The van der Waals surface area contributed by atoms with Crippen LogP contribution in [0.3, 0.4) is 0 Å². The van der Waals surface area contributed by atoms with E-state index in [1.54, 1.807) is 0 Å². The zero-order valence-corrected chi connectivity index (χ0v) is 9.76. The fourth-order valence-corrected chi connectivity index (χ4v) is 2.44. The van der Waals surface area contributed by atoms with Gasteiger partial charge in [0.25, 0.3) is 0 Å². The van der Waals surface area contributed by atoms with Gasteiger partial charge >= 0.3 is 0 Å². The van der Waals surface area contributed by atoms with E-state index in [1.165, 1.54) is 19.3 Å². The first kappa shape index (κ1) is 11.0. The van der Waals surface area contributed by atoms with Crippen molar-refractivity contribution in [1.82, 2.24) is 0 Å². The molecule has 0 amide bonds. The summed E-state index contributed by atoms with van der Waals surface area (Å²) in [5.41, 5.74) is 0.450. The maximum atomic E-state index is 5.49. The molecule has 0 bridgehead atoms. The lowest BCUT2D eigenvalue weighted by Crippen LogP contribution is -2.33. The van der Waals surface area contributed by atoms with Crippen molar-refractivity contribution in [3.8, 4) is 0 Å². The molecule has 0 aromatic rings. The Morgan fingerprint density at radius 3 is 2.15 bits per heavy atom. The van der Waals surface area contributed by atoms with Gasteiger partial charge in [0.15, 0.2) is 0 Å². The maximum absolute atomic E-state index is 5.49. The molecule has 1 fully saturated rings. The molecular formula is C12H24O. The molecule has 0 aliphatic heterocycles. The van der Waals surface area contributed by atoms with Crippen LogP contribution in [0.4, 0.5) is 0 Å². The summed E-state index contributed by atoms with van der Waals surface area (Å²) in [5, 5.41) is 0. The summed E-state index contributed by atoms with van der Waals surface area (Å²) in [6.45, 7) is 9.40. The van der Waals surface area contributed by atoms with Gasteiger partial charge in [0.2, 0.25) is 0 Å². The molecule has 1 heteroatoms. The van der Waals surface area contributed by atoms with Gasteiger partial charge in [-0.15, -0.1) is 0 Å². The molecule has 0 spiro atoms. The largest absolute Gasteiger partial charge is 0.381 e. The fraction of sp³-hybridized carbons (Fsp3) is 1.00. The zero-order valence-electron chi connectivity index (χ0n) is 9.76. The van der Waals surface area contributed by atoms with Crippen molar-refractivity contribution < 1.29 is 4.74 Å². The third-order valence-corrected chi connectivity index (χ3v) is 3.46. The molecule has 3 unspecified atom stereocenters. The molecule has 0 N–H and O–H groups in total. The number of rotatable bonds is 1. The topological polar surface area (TPSA) is 9.23 Å². The number of ether oxygens (including phenoxy) is 1. The van der Waals surface area contributed by atoms with Crippen LogP contribution in [-0.4, -0.2) is 13.2 Å². The minimum Gasteiger partial charge on any atom is -0.381 e. The molecule has 1 nitrogen and oxygen atoms in total. The van der Waals surface area contributed by atoms with Crippen molar-refractivity contribution in [2.24, 2.45) is 17.3 Å². The van der Waals surface area contributed by atoms with Gasteiger partial charge in [-0.25, -0.2) is 0 Å². The van der Waals surface area contributed by atoms with Gasteiger partial charge in [-0.2, -0.15) is 0 Å². The first-order chi connectivity index (χ1) is 5.93. The minimum atomic E-state index is 0.450. The van der Waals surface area contributed by atoms with Crippen LogP contribution in [0.5, 0.6) is 0 Å². The van der Waals surface area contributed by atoms with Crippen LogP contribution in [-0.2, 0) is 4.74 Å². The standard InChI is InChI=1S/C12H24O/c1-9-6-10(12(2,3)4)8-11(7-9)13-5/h9-11H,6-8H2,1-5H3. The molecule has 1 aliphatic rings. The summed E-state index contributed by atoms with van der Waals surface area (Å²) in [7, 11) is 1.85. The van der Waals surface area contributed by atoms with Gasteiger partial charge in [0, 0.05) is 7.11 Å². The van der Waals surface area contributed by atoms with Gasteiger partial charge in [0.1, 0.15) is 0 Å². The van der Waals surface area contributed by atoms with Crippen molar-refractivity contribution >= 4 is 0 Å². The predicted molar refractivity (Wildman–Crippen MR) is 56.8 cm³/mol. The highest BCUT2D eigenvalue weighted by atomic mass is 16.5. The summed E-state index contributed by atoms with van der Waals surface area (Å²) >= 11 is 0. The lowest BCUT2D eigenvalue weighted by Gasteiger charge is -2.40. The first-order valence-electron chi connectivity index (χ1n) is 5.46. The van der Waals surface area contributed by atoms with Gasteiger partial charge < -0.3 is 4.74 Å². The van der Waals surface area contributed by atoms with Crippen LogP contribution in [0.25, 0.3) is 0 Å². The van der Waals surface area contributed by atoms with E-state index in [1.807, 2.05) is 7.11 Å². The smallest absolute Gasteiger partial charge is 0.0576 e. The zero-order chi connectivity index (χ0) is 10.1. The lowest BCUT2D eigenvalue weighted by molar-refractivity contribution is 0.00358. The average molecular weight is 184 g/mol. The Labute approximate surface area is 82.9 Å². The molecule has 0 heterocycles. The monoisotopic (exact) mass is 184 g/mol. The van der Waals surface area contributed by atoms with Gasteiger partial charge in [0.05, 0.1) is 6.10 Å². The minimum absolute atomic E-state index is 0.450. The Morgan fingerprint density at radius 1 is 1.08 bits per heavy atom. The van der Waals surface area contributed by atoms with Crippen LogP contribution in [0.2, 0.25) is 0 Å². The van der Waals surface area contributed by atoms with E-state index in [9.17, 15) is 0 Å². The molecule has 0 radical (unpaired) electrons. The lowest BCUT2D eigenvalue weighted by atomic mass is 9.68. The Morgan fingerprint density at radius 2 is 1.69 bits per heavy atom. The molecule has 78 valence electrons. The molecule has 3 atom stereocenters. The second kappa shape index (κ2) is 4.00. The summed E-state index contributed by atoms with van der Waals surface area (Å²) in [6.07, 6.45) is 4.39. The van der Waals surface area contributed by atoms with Crippen LogP contribution in [0.1, 0.15) is 47.0 Å².